The summed E-state index contributed by atoms with van der Waals surface area (Å²) in [4.78, 5) is 2.20. The van der Waals surface area contributed by atoms with Gasteiger partial charge < -0.3 is 19.7 Å². The number of methoxy groups -OCH3 is 1. The van der Waals surface area contributed by atoms with Crippen molar-refractivity contribution in [1.29, 1.82) is 0 Å². The number of hydrogen-bond donors (Lipinski definition) is 1. The summed E-state index contributed by atoms with van der Waals surface area (Å²) in [6, 6.07) is 14.5. The fourth-order valence-electron chi connectivity index (χ4n) is 2.66. The number of benzene rings is 2. The number of nitrogens with zero attached hydrogens (tertiary/aromatic N) is 1. The second kappa shape index (κ2) is 10.1. The minimum atomic E-state index is 0.542. The third-order valence-corrected chi connectivity index (χ3v) is 3.99. The molecule has 0 aromatic heterocycles. The Morgan fingerprint density at radius 2 is 1.84 bits per heavy atom. The number of aryl methyl sites for hydroxylation is 1. The lowest BCUT2D eigenvalue weighted by Crippen LogP contribution is -2.21. The van der Waals surface area contributed by atoms with E-state index in [9.17, 15) is 0 Å². The Morgan fingerprint density at radius 3 is 2.56 bits per heavy atom. The van der Waals surface area contributed by atoms with Crippen molar-refractivity contribution >= 4 is 0 Å². The predicted octanol–water partition coefficient (Wildman–Crippen LogP) is 3.62. The third kappa shape index (κ3) is 6.77. The van der Waals surface area contributed by atoms with Crippen molar-refractivity contribution < 1.29 is 9.47 Å². The lowest BCUT2D eigenvalue weighted by Gasteiger charge is -2.13. The fraction of sp³-hybridized carbons (Fsp3) is 0.429. The maximum Gasteiger partial charge on any atom is 0.161 e. The Bertz CT molecular complexity index is 656. The normalized spacial score (nSPS) is 10.9. The van der Waals surface area contributed by atoms with Gasteiger partial charge in [0, 0.05) is 6.54 Å². The second-order valence-electron chi connectivity index (χ2n) is 6.60. The van der Waals surface area contributed by atoms with Gasteiger partial charge in [0.05, 0.1) is 7.11 Å². The van der Waals surface area contributed by atoms with E-state index in [1.807, 2.05) is 12.1 Å². The molecule has 0 aliphatic rings. The van der Waals surface area contributed by atoms with Crippen LogP contribution in [0, 0.1) is 6.92 Å². The molecule has 2 aromatic carbocycles. The molecule has 0 aliphatic carbocycles. The maximum atomic E-state index is 5.94. The highest BCUT2D eigenvalue weighted by Gasteiger charge is 2.06. The van der Waals surface area contributed by atoms with Crippen molar-refractivity contribution in [2.24, 2.45) is 0 Å². The molecule has 0 saturated heterocycles. The van der Waals surface area contributed by atoms with Gasteiger partial charge in [-0.15, -0.1) is 0 Å². The van der Waals surface area contributed by atoms with Gasteiger partial charge >= 0.3 is 0 Å². The zero-order valence-electron chi connectivity index (χ0n) is 15.8. The molecule has 0 radical (unpaired) electrons. The lowest BCUT2D eigenvalue weighted by molar-refractivity contribution is 0.284. The van der Waals surface area contributed by atoms with Gasteiger partial charge in [0.1, 0.15) is 6.61 Å². The molecule has 0 spiro atoms. The van der Waals surface area contributed by atoms with Gasteiger partial charge in [-0.3, -0.25) is 0 Å². The summed E-state index contributed by atoms with van der Waals surface area (Å²) in [5.74, 6) is 1.56. The molecule has 2 rings (SSSR count). The van der Waals surface area contributed by atoms with Crippen LogP contribution in [0.3, 0.4) is 0 Å². The molecule has 0 atom stereocenters. The van der Waals surface area contributed by atoms with Crippen molar-refractivity contribution in [1.82, 2.24) is 10.2 Å². The largest absolute Gasteiger partial charge is 0.493 e. The van der Waals surface area contributed by atoms with Crippen molar-refractivity contribution in [2.75, 3.05) is 34.3 Å². The summed E-state index contributed by atoms with van der Waals surface area (Å²) in [5, 5.41) is 3.47. The van der Waals surface area contributed by atoms with E-state index in [1.54, 1.807) is 7.11 Å². The van der Waals surface area contributed by atoms with Crippen LogP contribution in [0.4, 0.5) is 0 Å². The molecule has 0 fully saturated rings. The van der Waals surface area contributed by atoms with E-state index < -0.39 is 0 Å². The first-order chi connectivity index (χ1) is 12.1. The van der Waals surface area contributed by atoms with Crippen molar-refractivity contribution in [3.63, 3.8) is 0 Å². The SMILES string of the molecule is COc1cc(CNCCCN(C)C)ccc1OCc1cccc(C)c1. The molecule has 4 nitrogen and oxygen atoms in total. The van der Waals surface area contributed by atoms with Gasteiger partial charge in [-0.05, 0) is 63.8 Å². The monoisotopic (exact) mass is 342 g/mol. The minimum absolute atomic E-state index is 0.542. The van der Waals surface area contributed by atoms with E-state index in [2.05, 4.69) is 61.6 Å². The Hall–Kier alpha value is -2.04. The maximum absolute atomic E-state index is 5.94. The Balaban J connectivity index is 1.87. The van der Waals surface area contributed by atoms with E-state index in [4.69, 9.17) is 9.47 Å². The summed E-state index contributed by atoms with van der Waals surface area (Å²) >= 11 is 0. The molecule has 0 heterocycles. The van der Waals surface area contributed by atoms with Crippen molar-refractivity contribution in [2.45, 2.75) is 26.5 Å². The minimum Gasteiger partial charge on any atom is -0.493 e. The Morgan fingerprint density at radius 1 is 1.00 bits per heavy atom. The zero-order chi connectivity index (χ0) is 18.1. The quantitative estimate of drug-likeness (QED) is 0.669. The first kappa shape index (κ1) is 19.3. The summed E-state index contributed by atoms with van der Waals surface area (Å²) < 4.78 is 11.4. The van der Waals surface area contributed by atoms with Crippen LogP contribution in [0.15, 0.2) is 42.5 Å². The summed E-state index contributed by atoms with van der Waals surface area (Å²) in [5.41, 5.74) is 3.60. The van der Waals surface area contributed by atoms with Crippen LogP contribution in [0.25, 0.3) is 0 Å². The lowest BCUT2D eigenvalue weighted by atomic mass is 10.1. The molecular formula is C21H30N2O2. The van der Waals surface area contributed by atoms with Crippen LogP contribution in [0.1, 0.15) is 23.1 Å². The van der Waals surface area contributed by atoms with Gasteiger partial charge in [0.15, 0.2) is 11.5 Å². The van der Waals surface area contributed by atoms with Crippen LogP contribution >= 0.6 is 0 Å². The molecule has 25 heavy (non-hydrogen) atoms. The molecule has 4 heteroatoms. The average Bonchev–Trinajstić information content (AvgIpc) is 2.60. The van der Waals surface area contributed by atoms with Gasteiger partial charge in [-0.25, -0.2) is 0 Å². The molecule has 0 amide bonds. The van der Waals surface area contributed by atoms with E-state index in [0.29, 0.717) is 6.61 Å². The summed E-state index contributed by atoms with van der Waals surface area (Å²) in [6.45, 7) is 5.57. The number of hydrogen-bond acceptors (Lipinski definition) is 4. The highest BCUT2D eigenvalue weighted by Crippen LogP contribution is 2.28. The Labute approximate surface area is 151 Å². The van der Waals surface area contributed by atoms with Crippen LogP contribution in [-0.4, -0.2) is 39.2 Å². The molecule has 0 bridgehead atoms. The van der Waals surface area contributed by atoms with Gasteiger partial charge in [0.25, 0.3) is 0 Å². The molecule has 0 unspecified atom stereocenters. The first-order valence-corrected chi connectivity index (χ1v) is 8.79. The van der Waals surface area contributed by atoms with E-state index in [0.717, 1.165) is 43.1 Å². The van der Waals surface area contributed by atoms with Crippen LogP contribution < -0.4 is 14.8 Å². The molecule has 0 aliphatic heterocycles. The molecule has 2 aromatic rings. The van der Waals surface area contributed by atoms with E-state index in [-0.39, 0.29) is 0 Å². The summed E-state index contributed by atoms with van der Waals surface area (Å²) in [7, 11) is 5.88. The van der Waals surface area contributed by atoms with Crippen LogP contribution in [0.2, 0.25) is 0 Å². The fourth-order valence-corrected chi connectivity index (χ4v) is 2.66. The standard InChI is InChI=1S/C21H30N2O2/c1-17-7-5-8-19(13-17)16-25-20-10-9-18(14-21(20)24-4)15-22-11-6-12-23(2)3/h5,7-10,13-14,22H,6,11-12,15-16H2,1-4H3. The molecule has 1 N–H and O–H groups in total. The molecule has 136 valence electrons. The van der Waals surface area contributed by atoms with Gasteiger partial charge in [0.2, 0.25) is 0 Å². The smallest absolute Gasteiger partial charge is 0.161 e. The average molecular weight is 342 g/mol. The summed E-state index contributed by atoms with van der Waals surface area (Å²) in [6.07, 6.45) is 1.14. The topological polar surface area (TPSA) is 33.7 Å². The highest BCUT2D eigenvalue weighted by atomic mass is 16.5. The predicted molar refractivity (Wildman–Crippen MR) is 103 cm³/mol. The molecular weight excluding hydrogens is 312 g/mol. The second-order valence-corrected chi connectivity index (χ2v) is 6.60. The van der Waals surface area contributed by atoms with Crippen LogP contribution in [0.5, 0.6) is 11.5 Å². The number of rotatable bonds is 10. The Kier molecular flexibility index (Phi) is 7.76. The molecule has 0 saturated carbocycles. The third-order valence-electron chi connectivity index (χ3n) is 3.99. The number of nitrogens with one attached hydrogen (secondary N) is 1. The van der Waals surface area contributed by atoms with Crippen molar-refractivity contribution in [3.8, 4) is 11.5 Å². The van der Waals surface area contributed by atoms with Gasteiger partial charge in [-0.1, -0.05) is 35.9 Å². The van der Waals surface area contributed by atoms with Gasteiger partial charge in [-0.2, -0.15) is 0 Å². The van der Waals surface area contributed by atoms with Crippen molar-refractivity contribution in [3.05, 3.63) is 59.2 Å². The zero-order valence-corrected chi connectivity index (χ0v) is 15.8. The van der Waals surface area contributed by atoms with Crippen LogP contribution in [-0.2, 0) is 13.2 Å². The van der Waals surface area contributed by atoms with E-state index >= 15 is 0 Å². The highest BCUT2D eigenvalue weighted by molar-refractivity contribution is 5.43. The van der Waals surface area contributed by atoms with E-state index in [1.165, 1.54) is 11.1 Å². The first-order valence-electron chi connectivity index (χ1n) is 8.79. The number of ether oxygens (including phenoxy) is 2.